The average molecular weight is 305 g/mol. The first kappa shape index (κ1) is 17.6. The summed E-state index contributed by atoms with van der Waals surface area (Å²) in [5, 5.41) is 28.8. The molecular formula is C15H19N3O4. The van der Waals surface area contributed by atoms with Crippen molar-refractivity contribution in [3.63, 3.8) is 0 Å². The molecule has 3 N–H and O–H groups in total. The number of nitrogens with zero attached hydrogens (tertiary/aromatic N) is 2. The lowest BCUT2D eigenvalue weighted by atomic mass is 10.1. The van der Waals surface area contributed by atoms with Crippen molar-refractivity contribution in [1.29, 1.82) is 5.26 Å². The number of rotatable bonds is 3. The van der Waals surface area contributed by atoms with Gasteiger partial charge in [0.15, 0.2) is 0 Å². The van der Waals surface area contributed by atoms with Crippen LogP contribution in [0.5, 0.6) is 0 Å². The average Bonchev–Trinajstić information content (AvgIpc) is 2.49. The van der Waals surface area contributed by atoms with E-state index in [2.05, 4.69) is 16.3 Å². The van der Waals surface area contributed by atoms with Crippen molar-refractivity contribution >= 4 is 11.9 Å². The summed E-state index contributed by atoms with van der Waals surface area (Å²) in [6.07, 6.45) is 0. The van der Waals surface area contributed by atoms with Crippen LogP contribution in [0.25, 0.3) is 0 Å². The van der Waals surface area contributed by atoms with Gasteiger partial charge in [0.05, 0.1) is 23.7 Å². The highest BCUT2D eigenvalue weighted by atomic mass is 16.4. The second-order valence-electron chi connectivity index (χ2n) is 4.82. The van der Waals surface area contributed by atoms with E-state index in [1.165, 1.54) is 12.1 Å². The SMILES string of the molecule is Cc1ccc(C(=O)O)cc1C(=O)O.N#CCN1CCNCC1. The number of aryl methyl sites for hydroxylation is 1. The van der Waals surface area contributed by atoms with Gasteiger partial charge in [0.1, 0.15) is 0 Å². The van der Waals surface area contributed by atoms with E-state index in [1.807, 2.05) is 0 Å². The van der Waals surface area contributed by atoms with Gasteiger partial charge in [-0.25, -0.2) is 9.59 Å². The maximum atomic E-state index is 10.6. The summed E-state index contributed by atoms with van der Waals surface area (Å²) in [7, 11) is 0. The van der Waals surface area contributed by atoms with Gasteiger partial charge in [0.2, 0.25) is 0 Å². The first-order valence-corrected chi connectivity index (χ1v) is 6.83. The van der Waals surface area contributed by atoms with Gasteiger partial charge in [-0.2, -0.15) is 5.26 Å². The molecule has 0 aliphatic carbocycles. The maximum Gasteiger partial charge on any atom is 0.335 e. The van der Waals surface area contributed by atoms with Crippen molar-refractivity contribution in [3.05, 3.63) is 34.9 Å². The number of piperazine rings is 1. The van der Waals surface area contributed by atoms with Crippen molar-refractivity contribution in [2.75, 3.05) is 32.7 Å². The predicted octanol–water partition coefficient (Wildman–Crippen LogP) is 0.807. The minimum atomic E-state index is -1.12. The molecule has 0 spiro atoms. The summed E-state index contributed by atoms with van der Waals surface area (Å²) in [4.78, 5) is 23.2. The van der Waals surface area contributed by atoms with Crippen LogP contribution in [0.1, 0.15) is 26.3 Å². The molecule has 0 saturated carbocycles. The normalized spacial score (nSPS) is 14.4. The van der Waals surface area contributed by atoms with Crippen LogP contribution >= 0.6 is 0 Å². The second kappa shape index (κ2) is 8.77. The molecule has 0 unspecified atom stereocenters. The van der Waals surface area contributed by atoms with Gasteiger partial charge < -0.3 is 15.5 Å². The number of carboxylic acid groups (broad SMARTS) is 2. The van der Waals surface area contributed by atoms with Gasteiger partial charge in [-0.15, -0.1) is 0 Å². The maximum absolute atomic E-state index is 10.6. The van der Waals surface area contributed by atoms with E-state index in [0.29, 0.717) is 12.1 Å². The summed E-state index contributed by atoms with van der Waals surface area (Å²) in [5.74, 6) is -2.23. The number of carboxylic acids is 2. The van der Waals surface area contributed by atoms with Crippen LogP contribution in [0, 0.1) is 18.3 Å². The molecule has 1 aromatic rings. The fourth-order valence-electron chi connectivity index (χ4n) is 1.95. The third-order valence-electron chi connectivity index (χ3n) is 3.22. The Balaban J connectivity index is 0.000000235. The fraction of sp³-hybridized carbons (Fsp3) is 0.400. The van der Waals surface area contributed by atoms with Gasteiger partial charge in [0.25, 0.3) is 0 Å². The molecule has 7 nitrogen and oxygen atoms in total. The van der Waals surface area contributed by atoms with Gasteiger partial charge in [-0.05, 0) is 24.6 Å². The number of aromatic carboxylic acids is 2. The minimum Gasteiger partial charge on any atom is -0.478 e. The van der Waals surface area contributed by atoms with E-state index in [-0.39, 0.29) is 11.1 Å². The molecule has 1 aromatic carbocycles. The number of nitriles is 1. The third kappa shape index (κ3) is 5.52. The first-order chi connectivity index (χ1) is 10.5. The molecule has 2 rings (SSSR count). The van der Waals surface area contributed by atoms with E-state index in [4.69, 9.17) is 15.5 Å². The van der Waals surface area contributed by atoms with Crippen LogP contribution in [0.15, 0.2) is 18.2 Å². The van der Waals surface area contributed by atoms with E-state index in [9.17, 15) is 9.59 Å². The summed E-state index contributed by atoms with van der Waals surface area (Å²) < 4.78 is 0. The monoisotopic (exact) mass is 305 g/mol. The molecule has 1 saturated heterocycles. The highest BCUT2D eigenvalue weighted by Gasteiger charge is 2.10. The quantitative estimate of drug-likeness (QED) is 0.708. The minimum absolute atomic E-state index is 0.0111. The fourth-order valence-corrected chi connectivity index (χ4v) is 1.95. The molecule has 0 aromatic heterocycles. The van der Waals surface area contributed by atoms with Crippen molar-refractivity contribution in [1.82, 2.24) is 10.2 Å². The Bertz CT molecular complexity index is 575. The smallest absolute Gasteiger partial charge is 0.335 e. The molecule has 0 atom stereocenters. The third-order valence-corrected chi connectivity index (χ3v) is 3.22. The molecular weight excluding hydrogens is 286 g/mol. The number of hydrogen-bond donors (Lipinski definition) is 3. The van der Waals surface area contributed by atoms with Crippen LogP contribution in [-0.2, 0) is 0 Å². The van der Waals surface area contributed by atoms with Crippen LogP contribution in [0.4, 0.5) is 0 Å². The van der Waals surface area contributed by atoms with E-state index in [1.54, 1.807) is 6.92 Å². The second-order valence-corrected chi connectivity index (χ2v) is 4.82. The Kier molecular flexibility index (Phi) is 7.02. The number of nitrogens with one attached hydrogen (secondary N) is 1. The number of benzene rings is 1. The molecule has 118 valence electrons. The molecule has 1 fully saturated rings. The van der Waals surface area contributed by atoms with Crippen molar-refractivity contribution in [2.45, 2.75) is 6.92 Å². The zero-order valence-electron chi connectivity index (χ0n) is 12.4. The number of hydrogen-bond acceptors (Lipinski definition) is 5. The van der Waals surface area contributed by atoms with Crippen molar-refractivity contribution < 1.29 is 19.8 Å². The Morgan fingerprint density at radius 3 is 2.41 bits per heavy atom. The van der Waals surface area contributed by atoms with E-state index < -0.39 is 11.9 Å². The van der Waals surface area contributed by atoms with Crippen molar-refractivity contribution in [2.24, 2.45) is 0 Å². The van der Waals surface area contributed by atoms with Crippen molar-refractivity contribution in [3.8, 4) is 6.07 Å². The van der Waals surface area contributed by atoms with Gasteiger partial charge in [0, 0.05) is 26.2 Å². The predicted molar refractivity (Wildman–Crippen MR) is 80.0 cm³/mol. The molecule has 0 amide bonds. The lowest BCUT2D eigenvalue weighted by Gasteiger charge is -2.24. The van der Waals surface area contributed by atoms with Gasteiger partial charge in [-0.3, -0.25) is 4.90 Å². The largest absolute Gasteiger partial charge is 0.478 e. The van der Waals surface area contributed by atoms with Crippen LogP contribution in [0.2, 0.25) is 0 Å². The Morgan fingerprint density at radius 2 is 1.91 bits per heavy atom. The molecule has 0 radical (unpaired) electrons. The summed E-state index contributed by atoms with van der Waals surface area (Å²) in [6.45, 7) is 6.31. The highest BCUT2D eigenvalue weighted by molar-refractivity contribution is 5.94. The molecule has 7 heteroatoms. The van der Waals surface area contributed by atoms with Crippen LogP contribution < -0.4 is 5.32 Å². The van der Waals surface area contributed by atoms with Gasteiger partial charge >= 0.3 is 11.9 Å². The molecule has 1 aliphatic heterocycles. The molecule has 1 heterocycles. The Hall–Kier alpha value is -2.43. The summed E-state index contributed by atoms with van der Waals surface area (Å²) >= 11 is 0. The lowest BCUT2D eigenvalue weighted by Crippen LogP contribution is -2.43. The van der Waals surface area contributed by atoms with Crippen LogP contribution in [0.3, 0.4) is 0 Å². The Labute approximate surface area is 128 Å². The van der Waals surface area contributed by atoms with E-state index >= 15 is 0 Å². The molecule has 0 bridgehead atoms. The summed E-state index contributed by atoms with van der Waals surface area (Å²) in [5.41, 5.74) is 0.570. The standard InChI is InChI=1S/C9H8O4.C6H11N3/c1-5-2-3-6(8(10)11)4-7(5)9(12)13;7-1-4-9-5-2-8-3-6-9/h2-4H,1H3,(H,10,11)(H,12,13);8H,2-6H2. The zero-order chi connectivity index (χ0) is 16.5. The molecule has 22 heavy (non-hydrogen) atoms. The molecule has 1 aliphatic rings. The lowest BCUT2D eigenvalue weighted by molar-refractivity contribution is 0.0695. The highest BCUT2D eigenvalue weighted by Crippen LogP contribution is 2.11. The van der Waals surface area contributed by atoms with Gasteiger partial charge in [-0.1, -0.05) is 6.07 Å². The van der Waals surface area contributed by atoms with E-state index in [0.717, 1.165) is 32.2 Å². The summed E-state index contributed by atoms with van der Waals surface area (Å²) in [6, 6.07) is 6.15. The zero-order valence-corrected chi connectivity index (χ0v) is 12.4. The first-order valence-electron chi connectivity index (χ1n) is 6.83. The Morgan fingerprint density at radius 1 is 1.27 bits per heavy atom. The number of carbonyl (C=O) groups is 2. The topological polar surface area (TPSA) is 114 Å². The van der Waals surface area contributed by atoms with Crippen LogP contribution in [-0.4, -0.2) is 59.8 Å².